The number of carbonyl (C=O) groups is 3. The molecule has 0 aliphatic heterocycles. The highest BCUT2D eigenvalue weighted by atomic mass is 16.2. The zero-order chi connectivity index (χ0) is 18.4. The first kappa shape index (κ1) is 18.2. The van der Waals surface area contributed by atoms with Crippen LogP contribution in [-0.4, -0.2) is 17.7 Å². The van der Waals surface area contributed by atoms with Crippen molar-refractivity contribution in [1.29, 1.82) is 0 Å². The van der Waals surface area contributed by atoms with Gasteiger partial charge >= 0.3 is 0 Å². The summed E-state index contributed by atoms with van der Waals surface area (Å²) in [5.74, 6) is -0.898. The zero-order valence-corrected chi connectivity index (χ0v) is 14.2. The number of hydrogen-bond acceptors (Lipinski definition) is 3. The Bertz CT molecular complexity index is 766. The molecule has 0 aromatic heterocycles. The largest absolute Gasteiger partial charge is 0.366 e. The Balaban J connectivity index is 1.91. The van der Waals surface area contributed by atoms with Gasteiger partial charge in [-0.05, 0) is 42.0 Å². The maximum absolute atomic E-state index is 12.1. The maximum Gasteiger partial charge on any atom is 0.251 e. The summed E-state index contributed by atoms with van der Waals surface area (Å²) in [6, 6.07) is 13.4. The standard InChI is InChI=1S/C19H21N3O3/c1-12(2)18(24)22-16-9-3-13(4-10-16)11-21-19(25)15-7-5-14(6-8-15)17(20)23/h3-10,12H,11H2,1-2H3,(H2,20,23)(H,21,25)(H,22,24). The van der Waals surface area contributed by atoms with Crippen LogP contribution in [0.1, 0.15) is 40.1 Å². The number of anilines is 1. The third-order valence-electron chi connectivity index (χ3n) is 3.63. The average molecular weight is 339 g/mol. The lowest BCUT2D eigenvalue weighted by Gasteiger charge is -2.09. The molecule has 130 valence electrons. The van der Waals surface area contributed by atoms with Crippen molar-refractivity contribution < 1.29 is 14.4 Å². The second kappa shape index (κ2) is 8.10. The molecule has 0 aliphatic carbocycles. The van der Waals surface area contributed by atoms with E-state index in [0.717, 1.165) is 11.3 Å². The number of carbonyl (C=O) groups excluding carboxylic acids is 3. The van der Waals surface area contributed by atoms with E-state index in [2.05, 4.69) is 10.6 Å². The van der Waals surface area contributed by atoms with Crippen molar-refractivity contribution in [2.24, 2.45) is 11.7 Å². The molecule has 0 atom stereocenters. The first-order valence-corrected chi connectivity index (χ1v) is 7.94. The molecule has 0 aliphatic rings. The highest BCUT2D eigenvalue weighted by molar-refractivity contribution is 5.97. The number of rotatable bonds is 6. The van der Waals surface area contributed by atoms with Crippen LogP contribution < -0.4 is 16.4 Å². The number of nitrogens with two attached hydrogens (primary N) is 1. The van der Waals surface area contributed by atoms with Crippen molar-refractivity contribution in [2.75, 3.05) is 5.32 Å². The minimum absolute atomic E-state index is 0.0412. The minimum Gasteiger partial charge on any atom is -0.366 e. The third-order valence-corrected chi connectivity index (χ3v) is 3.63. The van der Waals surface area contributed by atoms with Crippen LogP contribution in [0, 0.1) is 5.92 Å². The van der Waals surface area contributed by atoms with Crippen LogP contribution >= 0.6 is 0 Å². The maximum atomic E-state index is 12.1. The van der Waals surface area contributed by atoms with Crippen molar-refractivity contribution in [2.45, 2.75) is 20.4 Å². The molecule has 3 amide bonds. The summed E-state index contributed by atoms with van der Waals surface area (Å²) >= 11 is 0. The number of hydrogen-bond donors (Lipinski definition) is 3. The van der Waals surface area contributed by atoms with Crippen molar-refractivity contribution in [3.05, 3.63) is 65.2 Å². The fourth-order valence-electron chi connectivity index (χ4n) is 2.06. The Morgan fingerprint density at radius 1 is 0.920 bits per heavy atom. The highest BCUT2D eigenvalue weighted by Gasteiger charge is 2.08. The van der Waals surface area contributed by atoms with E-state index in [9.17, 15) is 14.4 Å². The summed E-state index contributed by atoms with van der Waals surface area (Å²) in [7, 11) is 0. The average Bonchev–Trinajstić information content (AvgIpc) is 2.60. The topological polar surface area (TPSA) is 101 Å². The second-order valence-corrected chi connectivity index (χ2v) is 5.97. The Hall–Kier alpha value is -3.15. The van der Waals surface area contributed by atoms with Crippen LogP contribution in [-0.2, 0) is 11.3 Å². The first-order chi connectivity index (χ1) is 11.9. The van der Waals surface area contributed by atoms with Gasteiger partial charge in [-0.1, -0.05) is 26.0 Å². The molecule has 0 unspecified atom stereocenters. The molecule has 0 saturated heterocycles. The van der Waals surface area contributed by atoms with Crippen LogP contribution in [0.2, 0.25) is 0 Å². The van der Waals surface area contributed by atoms with Crippen LogP contribution in [0.4, 0.5) is 5.69 Å². The first-order valence-electron chi connectivity index (χ1n) is 7.94. The van der Waals surface area contributed by atoms with Crippen LogP contribution in [0.15, 0.2) is 48.5 Å². The zero-order valence-electron chi connectivity index (χ0n) is 14.2. The molecule has 0 heterocycles. The van der Waals surface area contributed by atoms with E-state index in [4.69, 9.17) is 5.73 Å². The van der Waals surface area contributed by atoms with Crippen molar-refractivity contribution in [1.82, 2.24) is 5.32 Å². The van der Waals surface area contributed by atoms with E-state index in [-0.39, 0.29) is 17.7 Å². The predicted molar refractivity (Wildman–Crippen MR) is 96.0 cm³/mol. The second-order valence-electron chi connectivity index (χ2n) is 5.97. The monoisotopic (exact) mass is 339 g/mol. The Morgan fingerprint density at radius 2 is 1.48 bits per heavy atom. The minimum atomic E-state index is -0.531. The smallest absolute Gasteiger partial charge is 0.251 e. The van der Waals surface area contributed by atoms with Gasteiger partial charge in [-0.2, -0.15) is 0 Å². The van der Waals surface area contributed by atoms with Gasteiger partial charge in [0.05, 0.1) is 0 Å². The normalized spacial score (nSPS) is 10.4. The lowest BCUT2D eigenvalue weighted by atomic mass is 10.1. The summed E-state index contributed by atoms with van der Waals surface area (Å²) in [4.78, 5) is 34.8. The van der Waals surface area contributed by atoms with Crippen molar-refractivity contribution in [3.8, 4) is 0 Å². The summed E-state index contributed by atoms with van der Waals surface area (Å²) in [6.45, 7) is 4.01. The summed E-state index contributed by atoms with van der Waals surface area (Å²) < 4.78 is 0. The lowest BCUT2D eigenvalue weighted by molar-refractivity contribution is -0.118. The van der Waals surface area contributed by atoms with Gasteiger partial charge < -0.3 is 16.4 Å². The van der Waals surface area contributed by atoms with Crippen molar-refractivity contribution in [3.63, 3.8) is 0 Å². The number of benzene rings is 2. The molecular formula is C19H21N3O3. The molecule has 25 heavy (non-hydrogen) atoms. The van der Waals surface area contributed by atoms with E-state index in [1.165, 1.54) is 12.1 Å². The van der Waals surface area contributed by atoms with Gasteiger partial charge in [-0.15, -0.1) is 0 Å². The molecule has 4 N–H and O–H groups in total. The quantitative estimate of drug-likeness (QED) is 0.752. The third kappa shape index (κ3) is 5.17. The van der Waals surface area contributed by atoms with E-state index in [1.807, 2.05) is 26.0 Å². The number of primary amides is 1. The van der Waals surface area contributed by atoms with E-state index >= 15 is 0 Å². The predicted octanol–water partition coefficient (Wildman–Crippen LogP) is 2.31. The van der Waals surface area contributed by atoms with Crippen LogP contribution in [0.25, 0.3) is 0 Å². The summed E-state index contributed by atoms with van der Waals surface area (Å²) in [5.41, 5.74) is 7.60. The van der Waals surface area contributed by atoms with Crippen LogP contribution in [0.5, 0.6) is 0 Å². The Morgan fingerprint density at radius 3 is 2.00 bits per heavy atom. The molecule has 2 aromatic carbocycles. The van der Waals surface area contributed by atoms with Gasteiger partial charge in [0, 0.05) is 29.3 Å². The molecule has 6 nitrogen and oxygen atoms in total. The van der Waals surface area contributed by atoms with Gasteiger partial charge in [0.15, 0.2) is 0 Å². The SMILES string of the molecule is CC(C)C(=O)Nc1ccc(CNC(=O)c2ccc(C(N)=O)cc2)cc1. The van der Waals surface area contributed by atoms with Gasteiger partial charge in [-0.3, -0.25) is 14.4 Å². The molecule has 0 bridgehead atoms. The highest BCUT2D eigenvalue weighted by Crippen LogP contribution is 2.11. The van der Waals surface area contributed by atoms with Gasteiger partial charge in [0.2, 0.25) is 11.8 Å². The fraction of sp³-hybridized carbons (Fsp3) is 0.211. The molecule has 0 spiro atoms. The van der Waals surface area contributed by atoms with E-state index in [1.54, 1.807) is 24.3 Å². The molecular weight excluding hydrogens is 318 g/mol. The Labute approximate surface area is 146 Å². The summed E-state index contributed by atoms with van der Waals surface area (Å²) in [5, 5.41) is 5.61. The van der Waals surface area contributed by atoms with Gasteiger partial charge in [-0.25, -0.2) is 0 Å². The lowest BCUT2D eigenvalue weighted by Crippen LogP contribution is -2.23. The molecule has 6 heteroatoms. The molecule has 0 fully saturated rings. The number of nitrogens with one attached hydrogen (secondary N) is 2. The van der Waals surface area contributed by atoms with Crippen molar-refractivity contribution >= 4 is 23.4 Å². The Kier molecular flexibility index (Phi) is 5.89. The van der Waals surface area contributed by atoms with E-state index in [0.29, 0.717) is 17.7 Å². The van der Waals surface area contributed by atoms with Gasteiger partial charge in [0.25, 0.3) is 5.91 Å². The molecule has 2 rings (SSSR count). The van der Waals surface area contributed by atoms with E-state index < -0.39 is 5.91 Å². The molecule has 2 aromatic rings. The number of amides is 3. The summed E-state index contributed by atoms with van der Waals surface area (Å²) in [6.07, 6.45) is 0. The molecule has 0 saturated carbocycles. The van der Waals surface area contributed by atoms with Gasteiger partial charge in [0.1, 0.15) is 0 Å². The van der Waals surface area contributed by atoms with Crippen LogP contribution in [0.3, 0.4) is 0 Å². The molecule has 0 radical (unpaired) electrons. The fourth-order valence-corrected chi connectivity index (χ4v) is 2.06.